The summed E-state index contributed by atoms with van der Waals surface area (Å²) in [4.78, 5) is 0. The highest BCUT2D eigenvalue weighted by molar-refractivity contribution is 14.1. The van der Waals surface area contributed by atoms with Crippen molar-refractivity contribution in [2.45, 2.75) is 19.6 Å². The molecule has 0 saturated carbocycles. The highest BCUT2D eigenvalue weighted by Gasteiger charge is 2.02. The molecule has 0 bridgehead atoms. The van der Waals surface area contributed by atoms with Crippen LogP contribution in [0.3, 0.4) is 0 Å². The molecule has 3 heteroatoms. The van der Waals surface area contributed by atoms with E-state index in [2.05, 4.69) is 46.9 Å². The van der Waals surface area contributed by atoms with Crippen LogP contribution in [0.25, 0.3) is 0 Å². The number of aliphatic hydroxyl groups is 1. The lowest BCUT2D eigenvalue weighted by molar-refractivity contribution is 0.198. The van der Waals surface area contributed by atoms with Gasteiger partial charge in [-0.25, -0.2) is 0 Å². The molecular formula is C15H15IO2. The molecule has 0 fully saturated rings. The summed E-state index contributed by atoms with van der Waals surface area (Å²) in [6, 6.07) is 15.8. The summed E-state index contributed by atoms with van der Waals surface area (Å²) >= 11 is 2.28. The van der Waals surface area contributed by atoms with Crippen LogP contribution in [-0.2, 0) is 6.61 Å². The van der Waals surface area contributed by atoms with E-state index in [1.165, 1.54) is 3.57 Å². The third-order valence-electron chi connectivity index (χ3n) is 2.66. The number of benzene rings is 2. The first-order valence-electron chi connectivity index (χ1n) is 5.80. The zero-order valence-electron chi connectivity index (χ0n) is 10.1. The molecule has 1 unspecified atom stereocenters. The first-order chi connectivity index (χ1) is 8.65. The Balaban J connectivity index is 2.01. The average molecular weight is 354 g/mol. The first-order valence-corrected chi connectivity index (χ1v) is 6.88. The van der Waals surface area contributed by atoms with E-state index in [9.17, 15) is 5.11 Å². The van der Waals surface area contributed by atoms with Gasteiger partial charge in [-0.1, -0.05) is 24.3 Å². The predicted molar refractivity (Wildman–Crippen MR) is 80.6 cm³/mol. The molecule has 2 aromatic carbocycles. The molecule has 0 heterocycles. The van der Waals surface area contributed by atoms with Crippen molar-refractivity contribution in [2.75, 3.05) is 0 Å². The Morgan fingerprint density at radius 3 is 2.56 bits per heavy atom. The SMILES string of the molecule is CC(O)c1cccc(OCc2ccc(I)cc2)c1. The largest absolute Gasteiger partial charge is 0.489 e. The summed E-state index contributed by atoms with van der Waals surface area (Å²) in [5.74, 6) is 0.784. The minimum atomic E-state index is -0.466. The summed E-state index contributed by atoms with van der Waals surface area (Å²) in [5, 5.41) is 9.51. The molecule has 18 heavy (non-hydrogen) atoms. The van der Waals surface area contributed by atoms with Crippen LogP contribution in [0.1, 0.15) is 24.2 Å². The van der Waals surface area contributed by atoms with Gasteiger partial charge in [-0.15, -0.1) is 0 Å². The van der Waals surface area contributed by atoms with Gasteiger partial charge < -0.3 is 9.84 Å². The number of hydrogen-bond donors (Lipinski definition) is 1. The number of aliphatic hydroxyl groups excluding tert-OH is 1. The van der Waals surface area contributed by atoms with E-state index < -0.39 is 6.10 Å². The van der Waals surface area contributed by atoms with Crippen LogP contribution < -0.4 is 4.74 Å². The van der Waals surface area contributed by atoms with Crippen LogP contribution in [0.15, 0.2) is 48.5 Å². The number of rotatable bonds is 4. The average Bonchev–Trinajstić information content (AvgIpc) is 2.38. The van der Waals surface area contributed by atoms with Crippen LogP contribution in [0.2, 0.25) is 0 Å². The lowest BCUT2D eigenvalue weighted by atomic mass is 10.1. The lowest BCUT2D eigenvalue weighted by Crippen LogP contribution is -1.97. The van der Waals surface area contributed by atoms with Gasteiger partial charge in [0, 0.05) is 3.57 Å². The normalized spacial score (nSPS) is 12.2. The van der Waals surface area contributed by atoms with Crippen molar-refractivity contribution in [1.82, 2.24) is 0 Å². The molecular weight excluding hydrogens is 339 g/mol. The van der Waals surface area contributed by atoms with Crippen molar-refractivity contribution >= 4 is 22.6 Å². The minimum absolute atomic E-state index is 0.466. The van der Waals surface area contributed by atoms with Crippen LogP contribution in [-0.4, -0.2) is 5.11 Å². The van der Waals surface area contributed by atoms with Crippen molar-refractivity contribution in [3.05, 3.63) is 63.2 Å². The Labute approximate surface area is 121 Å². The van der Waals surface area contributed by atoms with E-state index in [1.807, 2.05) is 24.3 Å². The molecule has 2 aromatic rings. The predicted octanol–water partition coefficient (Wildman–Crippen LogP) is 3.92. The van der Waals surface area contributed by atoms with E-state index in [-0.39, 0.29) is 0 Å². The summed E-state index contributed by atoms with van der Waals surface area (Å²) < 4.78 is 6.92. The Bertz CT molecular complexity index is 506. The minimum Gasteiger partial charge on any atom is -0.489 e. The fourth-order valence-corrected chi connectivity index (χ4v) is 1.97. The van der Waals surface area contributed by atoms with Gasteiger partial charge >= 0.3 is 0 Å². The standard InChI is InChI=1S/C15H15IO2/c1-11(17)13-3-2-4-15(9-13)18-10-12-5-7-14(16)8-6-12/h2-9,11,17H,10H2,1H3. The Hall–Kier alpha value is -1.07. The number of ether oxygens (including phenoxy) is 1. The molecule has 0 saturated heterocycles. The van der Waals surface area contributed by atoms with Gasteiger partial charge in [0.1, 0.15) is 12.4 Å². The maximum absolute atomic E-state index is 9.51. The number of halogens is 1. The second-order valence-corrected chi connectivity index (χ2v) is 5.41. The Morgan fingerprint density at radius 1 is 1.17 bits per heavy atom. The molecule has 0 aliphatic heterocycles. The molecule has 0 radical (unpaired) electrons. The molecule has 1 atom stereocenters. The molecule has 2 nitrogen and oxygen atoms in total. The highest BCUT2D eigenvalue weighted by Crippen LogP contribution is 2.20. The fraction of sp³-hybridized carbons (Fsp3) is 0.200. The number of hydrogen-bond acceptors (Lipinski definition) is 2. The van der Waals surface area contributed by atoms with Gasteiger partial charge in [0.15, 0.2) is 0 Å². The molecule has 1 N–H and O–H groups in total. The Kier molecular flexibility index (Phi) is 4.60. The van der Waals surface area contributed by atoms with E-state index in [1.54, 1.807) is 6.92 Å². The highest BCUT2D eigenvalue weighted by atomic mass is 127. The van der Waals surface area contributed by atoms with Crippen LogP contribution in [0.4, 0.5) is 0 Å². The zero-order valence-corrected chi connectivity index (χ0v) is 12.3. The van der Waals surface area contributed by atoms with Gasteiger partial charge in [0.05, 0.1) is 6.10 Å². The van der Waals surface area contributed by atoms with Crippen LogP contribution in [0, 0.1) is 3.57 Å². The molecule has 0 spiro atoms. The molecule has 94 valence electrons. The molecule has 0 aliphatic rings. The smallest absolute Gasteiger partial charge is 0.120 e. The second-order valence-electron chi connectivity index (χ2n) is 4.16. The van der Waals surface area contributed by atoms with Crippen molar-refractivity contribution in [1.29, 1.82) is 0 Å². The lowest BCUT2D eigenvalue weighted by Gasteiger charge is -2.09. The van der Waals surface area contributed by atoms with Gasteiger partial charge in [0.2, 0.25) is 0 Å². The Morgan fingerprint density at radius 2 is 1.89 bits per heavy atom. The van der Waals surface area contributed by atoms with E-state index in [0.717, 1.165) is 16.9 Å². The maximum atomic E-state index is 9.51. The van der Waals surface area contributed by atoms with Crippen LogP contribution in [0.5, 0.6) is 5.75 Å². The summed E-state index contributed by atoms with van der Waals surface area (Å²) in [6.07, 6.45) is -0.466. The van der Waals surface area contributed by atoms with E-state index in [0.29, 0.717) is 6.61 Å². The zero-order chi connectivity index (χ0) is 13.0. The third kappa shape index (κ3) is 3.71. The molecule has 0 aromatic heterocycles. The quantitative estimate of drug-likeness (QED) is 0.844. The third-order valence-corrected chi connectivity index (χ3v) is 3.38. The topological polar surface area (TPSA) is 29.5 Å². The second kappa shape index (κ2) is 6.20. The molecule has 2 rings (SSSR count). The summed E-state index contributed by atoms with van der Waals surface area (Å²) in [6.45, 7) is 2.29. The van der Waals surface area contributed by atoms with Crippen LogP contribution >= 0.6 is 22.6 Å². The van der Waals surface area contributed by atoms with Crippen molar-refractivity contribution in [2.24, 2.45) is 0 Å². The van der Waals surface area contributed by atoms with E-state index >= 15 is 0 Å². The van der Waals surface area contributed by atoms with E-state index in [4.69, 9.17) is 4.74 Å². The van der Waals surface area contributed by atoms with Crippen molar-refractivity contribution in [3.63, 3.8) is 0 Å². The summed E-state index contributed by atoms with van der Waals surface area (Å²) in [5.41, 5.74) is 2.01. The van der Waals surface area contributed by atoms with Gasteiger partial charge in [-0.2, -0.15) is 0 Å². The fourth-order valence-electron chi connectivity index (χ4n) is 1.61. The van der Waals surface area contributed by atoms with Gasteiger partial charge in [-0.05, 0) is 64.9 Å². The molecule has 0 amide bonds. The summed E-state index contributed by atoms with van der Waals surface area (Å²) in [7, 11) is 0. The van der Waals surface area contributed by atoms with Crippen molar-refractivity contribution < 1.29 is 9.84 Å². The van der Waals surface area contributed by atoms with Crippen molar-refractivity contribution in [3.8, 4) is 5.75 Å². The molecule has 0 aliphatic carbocycles. The monoisotopic (exact) mass is 354 g/mol. The maximum Gasteiger partial charge on any atom is 0.120 e. The van der Waals surface area contributed by atoms with Gasteiger partial charge in [-0.3, -0.25) is 0 Å². The van der Waals surface area contributed by atoms with Gasteiger partial charge in [0.25, 0.3) is 0 Å². The first kappa shape index (κ1) is 13.4.